The molecule has 4 rings (SSSR count). The number of carbonyl (C=O) groups is 1. The number of hydrogen-bond acceptors (Lipinski definition) is 3. The minimum Gasteiger partial charge on any atom is -0.366 e. The first-order valence-corrected chi connectivity index (χ1v) is 8.89. The molecule has 3 aromatic heterocycles. The van der Waals surface area contributed by atoms with Crippen molar-refractivity contribution in [1.29, 1.82) is 0 Å². The average molecular weight is 408 g/mol. The van der Waals surface area contributed by atoms with Crippen molar-refractivity contribution in [2.75, 3.05) is 0 Å². The number of nitrogens with zero attached hydrogens (tertiary/aromatic N) is 2. The molecule has 3 heterocycles. The third kappa shape index (κ3) is 3.93. The van der Waals surface area contributed by atoms with Crippen molar-refractivity contribution in [2.45, 2.75) is 6.18 Å². The molecular formula is C22H15F3N4O. The van der Waals surface area contributed by atoms with Crippen LogP contribution in [0.3, 0.4) is 0 Å². The summed E-state index contributed by atoms with van der Waals surface area (Å²) in [6.45, 7) is 0. The maximum atomic E-state index is 13.4. The van der Waals surface area contributed by atoms with E-state index in [4.69, 9.17) is 5.73 Å². The van der Waals surface area contributed by atoms with E-state index in [1.54, 1.807) is 36.8 Å². The summed E-state index contributed by atoms with van der Waals surface area (Å²) in [4.78, 5) is 22.5. The number of carbonyl (C=O) groups excluding carboxylic acids is 1. The average Bonchev–Trinajstić information content (AvgIpc) is 3.15. The van der Waals surface area contributed by atoms with Crippen molar-refractivity contribution in [3.63, 3.8) is 0 Å². The highest BCUT2D eigenvalue weighted by Gasteiger charge is 2.31. The Kier molecular flexibility index (Phi) is 4.83. The van der Waals surface area contributed by atoms with Crippen LogP contribution in [-0.4, -0.2) is 20.9 Å². The summed E-state index contributed by atoms with van der Waals surface area (Å²) in [5, 5.41) is 0.757. The number of aromatic amines is 1. The van der Waals surface area contributed by atoms with E-state index in [0.29, 0.717) is 16.8 Å². The fourth-order valence-electron chi connectivity index (χ4n) is 3.18. The van der Waals surface area contributed by atoms with Crippen molar-refractivity contribution < 1.29 is 18.0 Å². The maximum Gasteiger partial charge on any atom is 0.416 e. The van der Waals surface area contributed by atoms with E-state index in [9.17, 15) is 18.0 Å². The summed E-state index contributed by atoms with van der Waals surface area (Å²) in [5.41, 5.74) is 7.59. The number of fused-ring (bicyclic) bond motifs is 1. The number of aromatic nitrogens is 3. The van der Waals surface area contributed by atoms with Crippen LogP contribution in [0.4, 0.5) is 13.2 Å². The van der Waals surface area contributed by atoms with E-state index >= 15 is 0 Å². The highest BCUT2D eigenvalue weighted by atomic mass is 19.4. The van der Waals surface area contributed by atoms with Gasteiger partial charge >= 0.3 is 6.18 Å². The van der Waals surface area contributed by atoms with Crippen LogP contribution < -0.4 is 5.73 Å². The number of H-pyrrole nitrogens is 1. The van der Waals surface area contributed by atoms with E-state index in [0.717, 1.165) is 34.7 Å². The van der Waals surface area contributed by atoms with Gasteiger partial charge in [0.1, 0.15) is 5.65 Å². The molecule has 0 spiro atoms. The first-order chi connectivity index (χ1) is 14.3. The van der Waals surface area contributed by atoms with E-state index in [1.165, 1.54) is 12.3 Å². The molecule has 3 N–H and O–H groups in total. The van der Waals surface area contributed by atoms with Gasteiger partial charge in [-0.25, -0.2) is 4.98 Å². The lowest BCUT2D eigenvalue weighted by Gasteiger charge is -2.11. The van der Waals surface area contributed by atoms with Gasteiger partial charge in [0, 0.05) is 52.9 Å². The molecule has 0 bridgehead atoms. The van der Waals surface area contributed by atoms with Crippen molar-refractivity contribution in [3.8, 4) is 22.3 Å². The minimum absolute atomic E-state index is 0.209. The topological polar surface area (TPSA) is 84.7 Å². The van der Waals surface area contributed by atoms with Crippen LogP contribution >= 0.6 is 0 Å². The molecule has 5 nitrogen and oxygen atoms in total. The van der Waals surface area contributed by atoms with Crippen LogP contribution in [0.5, 0.6) is 0 Å². The zero-order chi connectivity index (χ0) is 21.3. The predicted octanol–water partition coefficient (Wildman–Crippen LogP) is 4.81. The van der Waals surface area contributed by atoms with Gasteiger partial charge in [-0.15, -0.1) is 0 Å². The van der Waals surface area contributed by atoms with E-state index in [2.05, 4.69) is 15.0 Å². The van der Waals surface area contributed by atoms with Crippen LogP contribution in [0.15, 0.2) is 67.3 Å². The lowest BCUT2D eigenvalue weighted by molar-refractivity contribution is -0.137. The maximum absolute atomic E-state index is 13.4. The molecule has 0 aliphatic rings. The molecule has 30 heavy (non-hydrogen) atoms. The number of nitrogens with one attached hydrogen (secondary N) is 1. The largest absolute Gasteiger partial charge is 0.416 e. The molecule has 1 aromatic carbocycles. The van der Waals surface area contributed by atoms with Crippen LogP contribution in [0.2, 0.25) is 0 Å². The molecule has 4 aromatic rings. The van der Waals surface area contributed by atoms with Crippen molar-refractivity contribution in [1.82, 2.24) is 15.0 Å². The van der Waals surface area contributed by atoms with Gasteiger partial charge in [-0.1, -0.05) is 6.07 Å². The zero-order valence-corrected chi connectivity index (χ0v) is 15.4. The number of nitrogens with two attached hydrogens (primary N) is 1. The Hall–Kier alpha value is -3.94. The second kappa shape index (κ2) is 7.47. The van der Waals surface area contributed by atoms with Crippen molar-refractivity contribution in [3.05, 3.63) is 78.4 Å². The number of benzene rings is 1. The Morgan fingerprint density at radius 1 is 1.07 bits per heavy atom. The predicted molar refractivity (Wildman–Crippen MR) is 108 cm³/mol. The monoisotopic (exact) mass is 408 g/mol. The number of amides is 1. The number of rotatable bonds is 4. The molecule has 8 heteroatoms. The molecule has 1 amide bonds. The van der Waals surface area contributed by atoms with Gasteiger partial charge in [0.25, 0.3) is 0 Å². The van der Waals surface area contributed by atoms with Crippen LogP contribution in [0.1, 0.15) is 11.1 Å². The number of alkyl halides is 3. The fraction of sp³-hybridized carbons (Fsp3) is 0.0455. The standard InChI is InChI=1S/C22H15F3N4O/c23-22(24,25)17-7-13(3-4-20(26)30)6-15(8-17)16-9-18-19(12-29-21(18)28-11-16)14-2-1-5-27-10-14/h1-12H,(H2,26,30)(H,28,29). The van der Waals surface area contributed by atoms with Crippen molar-refractivity contribution >= 4 is 23.0 Å². The lowest BCUT2D eigenvalue weighted by atomic mass is 9.98. The van der Waals surface area contributed by atoms with Gasteiger partial charge < -0.3 is 10.7 Å². The third-order valence-corrected chi connectivity index (χ3v) is 4.56. The Labute approximate surface area is 169 Å². The van der Waals surface area contributed by atoms with E-state index in [-0.39, 0.29) is 5.56 Å². The smallest absolute Gasteiger partial charge is 0.366 e. The van der Waals surface area contributed by atoms with Gasteiger partial charge in [0.2, 0.25) is 5.91 Å². The molecule has 0 aliphatic heterocycles. The number of hydrogen-bond donors (Lipinski definition) is 2. The zero-order valence-electron chi connectivity index (χ0n) is 15.4. The van der Waals surface area contributed by atoms with Crippen LogP contribution in [-0.2, 0) is 11.0 Å². The fourth-order valence-corrected chi connectivity index (χ4v) is 3.18. The molecular weight excluding hydrogens is 393 g/mol. The second-order valence-electron chi connectivity index (χ2n) is 6.64. The Morgan fingerprint density at radius 3 is 2.60 bits per heavy atom. The van der Waals surface area contributed by atoms with Gasteiger partial charge in [-0.2, -0.15) is 13.2 Å². The Balaban J connectivity index is 1.87. The molecule has 0 saturated heterocycles. The summed E-state index contributed by atoms with van der Waals surface area (Å²) < 4.78 is 40.2. The van der Waals surface area contributed by atoms with E-state index < -0.39 is 17.6 Å². The molecule has 0 unspecified atom stereocenters. The Morgan fingerprint density at radius 2 is 1.90 bits per heavy atom. The second-order valence-corrected chi connectivity index (χ2v) is 6.64. The molecule has 0 saturated carbocycles. The summed E-state index contributed by atoms with van der Waals surface area (Å²) in [5.74, 6) is -0.745. The molecule has 0 fully saturated rings. The number of halogens is 3. The summed E-state index contributed by atoms with van der Waals surface area (Å²) in [6.07, 6.45) is 4.38. The molecule has 0 aliphatic carbocycles. The van der Waals surface area contributed by atoms with Gasteiger partial charge in [-0.05, 0) is 47.5 Å². The first-order valence-electron chi connectivity index (χ1n) is 8.89. The summed E-state index contributed by atoms with van der Waals surface area (Å²) in [6, 6.07) is 9.04. The summed E-state index contributed by atoms with van der Waals surface area (Å²) in [7, 11) is 0. The lowest BCUT2D eigenvalue weighted by Crippen LogP contribution is -2.06. The quantitative estimate of drug-likeness (QED) is 0.475. The van der Waals surface area contributed by atoms with Crippen LogP contribution in [0.25, 0.3) is 39.4 Å². The SMILES string of the molecule is NC(=O)C=Cc1cc(-c2cnc3[nH]cc(-c4cccnc4)c3c2)cc(C(F)(F)F)c1. The molecule has 0 atom stereocenters. The molecule has 0 radical (unpaired) electrons. The van der Waals surface area contributed by atoms with Gasteiger partial charge in [0.15, 0.2) is 0 Å². The highest BCUT2D eigenvalue weighted by Crippen LogP contribution is 2.35. The molecule has 150 valence electrons. The van der Waals surface area contributed by atoms with Gasteiger partial charge in [-0.3, -0.25) is 9.78 Å². The normalized spacial score (nSPS) is 12.0. The number of primary amides is 1. The summed E-state index contributed by atoms with van der Waals surface area (Å²) >= 11 is 0. The minimum atomic E-state index is -4.54. The number of pyridine rings is 2. The Bertz CT molecular complexity index is 1260. The van der Waals surface area contributed by atoms with E-state index in [1.807, 2.05) is 6.07 Å². The van der Waals surface area contributed by atoms with Gasteiger partial charge in [0.05, 0.1) is 5.56 Å². The van der Waals surface area contributed by atoms with Crippen molar-refractivity contribution in [2.24, 2.45) is 5.73 Å². The van der Waals surface area contributed by atoms with Crippen LogP contribution in [0, 0.1) is 0 Å². The third-order valence-electron chi connectivity index (χ3n) is 4.56. The highest BCUT2D eigenvalue weighted by molar-refractivity contribution is 5.96. The first kappa shape index (κ1) is 19.4.